The first-order valence-electron chi connectivity index (χ1n) is 11.4. The fourth-order valence-electron chi connectivity index (χ4n) is 3.80. The Morgan fingerprint density at radius 1 is 0.919 bits per heavy atom. The molecule has 0 aliphatic carbocycles. The summed E-state index contributed by atoms with van der Waals surface area (Å²) in [7, 11) is -7.59. The first-order chi connectivity index (χ1) is 17.6. The Labute approximate surface area is 215 Å². The number of rotatable bonds is 9. The lowest BCUT2D eigenvalue weighted by atomic mass is 10.1. The van der Waals surface area contributed by atoms with Crippen LogP contribution in [0.1, 0.15) is 25.3 Å². The number of sulfonamides is 2. The van der Waals surface area contributed by atoms with Crippen molar-refractivity contribution in [1.82, 2.24) is 4.31 Å². The standard InChI is InChI=1S/C24H25N5O6S2/c1-18(19-9-11-21(12-10-19)37(34,35)28-15-5-6-16-28)25-26-23-14-13-22(17-24(23)29(30)31)36(32,33)27-20-7-3-2-4-8-20/h2-4,7-14,17,26-27H,5-6,15-16H2,1H3/b25-18-. The minimum atomic E-state index is -4.05. The zero-order valence-corrected chi connectivity index (χ0v) is 21.5. The molecule has 13 heteroatoms. The zero-order valence-electron chi connectivity index (χ0n) is 19.9. The first-order valence-corrected chi connectivity index (χ1v) is 14.3. The number of para-hydroxylation sites is 1. The summed E-state index contributed by atoms with van der Waals surface area (Å²) in [6.45, 7) is 2.68. The lowest BCUT2D eigenvalue weighted by Crippen LogP contribution is -2.27. The largest absolute Gasteiger partial charge is 0.295 e. The van der Waals surface area contributed by atoms with Crippen LogP contribution in [0.4, 0.5) is 17.1 Å². The average molecular weight is 544 g/mol. The molecule has 37 heavy (non-hydrogen) atoms. The Morgan fingerprint density at radius 3 is 2.16 bits per heavy atom. The first kappa shape index (κ1) is 26.3. The van der Waals surface area contributed by atoms with Crippen LogP contribution in [-0.4, -0.2) is 44.9 Å². The molecule has 0 atom stereocenters. The molecule has 0 saturated carbocycles. The van der Waals surface area contributed by atoms with Gasteiger partial charge in [-0.2, -0.15) is 9.41 Å². The third-order valence-corrected chi connectivity index (χ3v) is 9.11. The van der Waals surface area contributed by atoms with Crippen molar-refractivity contribution in [1.29, 1.82) is 0 Å². The van der Waals surface area contributed by atoms with Gasteiger partial charge in [-0.15, -0.1) is 0 Å². The molecule has 1 aliphatic rings. The number of hydrogen-bond donors (Lipinski definition) is 2. The molecule has 194 valence electrons. The van der Waals surface area contributed by atoms with E-state index in [0.29, 0.717) is 30.1 Å². The van der Waals surface area contributed by atoms with Gasteiger partial charge in [-0.25, -0.2) is 16.8 Å². The molecule has 0 aromatic heterocycles. The van der Waals surface area contributed by atoms with E-state index in [1.54, 1.807) is 49.4 Å². The number of nitro benzene ring substituents is 1. The Bertz CT molecular complexity index is 1530. The van der Waals surface area contributed by atoms with Gasteiger partial charge in [-0.3, -0.25) is 20.3 Å². The van der Waals surface area contributed by atoms with Crippen LogP contribution in [0.2, 0.25) is 0 Å². The lowest BCUT2D eigenvalue weighted by Gasteiger charge is -2.15. The molecular formula is C24H25N5O6S2. The van der Waals surface area contributed by atoms with E-state index < -0.39 is 30.7 Å². The molecule has 3 aromatic rings. The summed E-state index contributed by atoms with van der Waals surface area (Å²) in [5.74, 6) is 0. The Kier molecular flexibility index (Phi) is 7.57. The van der Waals surface area contributed by atoms with Crippen molar-refractivity contribution in [2.45, 2.75) is 29.6 Å². The van der Waals surface area contributed by atoms with Gasteiger partial charge >= 0.3 is 0 Å². The summed E-state index contributed by atoms with van der Waals surface area (Å²) in [6.07, 6.45) is 1.69. The number of nitrogens with zero attached hydrogens (tertiary/aromatic N) is 3. The minimum Gasteiger partial charge on any atom is -0.280 e. The van der Waals surface area contributed by atoms with Gasteiger partial charge in [0.15, 0.2) is 0 Å². The van der Waals surface area contributed by atoms with Crippen LogP contribution in [0.5, 0.6) is 0 Å². The predicted octanol–water partition coefficient (Wildman–Crippen LogP) is 4.02. The van der Waals surface area contributed by atoms with Crippen molar-refractivity contribution < 1.29 is 21.8 Å². The second kappa shape index (κ2) is 10.7. The molecule has 1 saturated heterocycles. The molecule has 0 bridgehead atoms. The van der Waals surface area contributed by atoms with E-state index in [1.165, 1.54) is 28.6 Å². The van der Waals surface area contributed by atoms with Crippen LogP contribution in [0.3, 0.4) is 0 Å². The molecule has 0 unspecified atom stereocenters. The van der Waals surface area contributed by atoms with E-state index in [2.05, 4.69) is 15.2 Å². The topological polar surface area (TPSA) is 151 Å². The van der Waals surface area contributed by atoms with Gasteiger partial charge in [-0.05, 0) is 61.7 Å². The molecule has 1 heterocycles. The smallest absolute Gasteiger partial charge is 0.280 e. The van der Waals surface area contributed by atoms with E-state index in [4.69, 9.17) is 0 Å². The minimum absolute atomic E-state index is 0.00348. The molecule has 0 amide bonds. The van der Waals surface area contributed by atoms with Crippen molar-refractivity contribution in [2.75, 3.05) is 23.2 Å². The maximum atomic E-state index is 12.7. The van der Waals surface area contributed by atoms with Gasteiger partial charge in [0, 0.05) is 24.8 Å². The van der Waals surface area contributed by atoms with Gasteiger partial charge in [0.1, 0.15) is 5.69 Å². The van der Waals surface area contributed by atoms with E-state index in [-0.39, 0.29) is 15.5 Å². The maximum absolute atomic E-state index is 12.7. The number of hydrogen-bond acceptors (Lipinski definition) is 8. The number of anilines is 2. The Morgan fingerprint density at radius 2 is 1.54 bits per heavy atom. The number of nitrogens with one attached hydrogen (secondary N) is 2. The molecule has 0 radical (unpaired) electrons. The van der Waals surface area contributed by atoms with Crippen LogP contribution in [0, 0.1) is 10.1 Å². The zero-order chi connectivity index (χ0) is 26.6. The average Bonchev–Trinajstić information content (AvgIpc) is 3.44. The highest BCUT2D eigenvalue weighted by atomic mass is 32.2. The number of hydrazone groups is 1. The molecule has 0 spiro atoms. The van der Waals surface area contributed by atoms with E-state index >= 15 is 0 Å². The SMILES string of the molecule is C/C(=N/Nc1ccc(S(=O)(=O)Nc2ccccc2)cc1[N+](=O)[O-])c1ccc(S(=O)(=O)N2CCCC2)cc1. The fourth-order valence-corrected chi connectivity index (χ4v) is 6.39. The van der Waals surface area contributed by atoms with Gasteiger partial charge in [0.25, 0.3) is 15.7 Å². The normalized spacial score (nSPS) is 14.9. The molecule has 1 fully saturated rings. The molecule has 3 aromatic carbocycles. The highest BCUT2D eigenvalue weighted by molar-refractivity contribution is 7.92. The van der Waals surface area contributed by atoms with Crippen molar-refractivity contribution >= 4 is 42.8 Å². The number of benzene rings is 3. The monoisotopic (exact) mass is 543 g/mol. The van der Waals surface area contributed by atoms with Crippen molar-refractivity contribution in [3.8, 4) is 0 Å². The van der Waals surface area contributed by atoms with E-state index in [0.717, 1.165) is 18.9 Å². The third-order valence-electron chi connectivity index (χ3n) is 5.82. The Hall–Kier alpha value is -3.81. The van der Waals surface area contributed by atoms with Crippen LogP contribution in [0.25, 0.3) is 0 Å². The Balaban J connectivity index is 1.53. The van der Waals surface area contributed by atoms with Gasteiger partial charge < -0.3 is 0 Å². The van der Waals surface area contributed by atoms with Crippen molar-refractivity contribution in [2.24, 2.45) is 5.10 Å². The second-order valence-corrected chi connectivity index (χ2v) is 12.0. The quantitative estimate of drug-likeness (QED) is 0.235. The summed E-state index contributed by atoms with van der Waals surface area (Å²) in [6, 6.07) is 17.9. The van der Waals surface area contributed by atoms with Crippen LogP contribution < -0.4 is 10.1 Å². The highest BCUT2D eigenvalue weighted by Gasteiger charge is 2.27. The molecular weight excluding hydrogens is 518 g/mol. The lowest BCUT2D eigenvalue weighted by molar-refractivity contribution is -0.384. The van der Waals surface area contributed by atoms with Crippen molar-refractivity contribution in [3.63, 3.8) is 0 Å². The van der Waals surface area contributed by atoms with Crippen LogP contribution in [-0.2, 0) is 20.0 Å². The van der Waals surface area contributed by atoms with Crippen molar-refractivity contribution in [3.05, 3.63) is 88.5 Å². The van der Waals surface area contributed by atoms with E-state index in [9.17, 15) is 26.9 Å². The summed E-state index contributed by atoms with van der Waals surface area (Å²) in [5, 5.41) is 15.8. The van der Waals surface area contributed by atoms with Gasteiger partial charge in [-0.1, -0.05) is 30.3 Å². The maximum Gasteiger partial charge on any atom is 0.295 e. The van der Waals surface area contributed by atoms with Gasteiger partial charge in [0.2, 0.25) is 10.0 Å². The molecule has 11 nitrogen and oxygen atoms in total. The van der Waals surface area contributed by atoms with Crippen LogP contribution in [0.15, 0.2) is 87.7 Å². The van der Waals surface area contributed by atoms with Crippen LogP contribution >= 0.6 is 0 Å². The highest BCUT2D eigenvalue weighted by Crippen LogP contribution is 2.29. The molecule has 1 aliphatic heterocycles. The third kappa shape index (κ3) is 5.96. The molecule has 2 N–H and O–H groups in total. The van der Waals surface area contributed by atoms with E-state index in [1.807, 2.05) is 0 Å². The summed E-state index contributed by atoms with van der Waals surface area (Å²) >= 11 is 0. The summed E-state index contributed by atoms with van der Waals surface area (Å²) in [4.78, 5) is 10.9. The fraction of sp³-hybridized carbons (Fsp3) is 0.208. The molecule has 4 rings (SSSR count). The van der Waals surface area contributed by atoms with Gasteiger partial charge in [0.05, 0.1) is 20.4 Å². The summed E-state index contributed by atoms with van der Waals surface area (Å²) in [5.41, 5.74) is 3.52. The summed E-state index contributed by atoms with van der Waals surface area (Å²) < 4.78 is 54.6. The predicted molar refractivity (Wildman–Crippen MR) is 141 cm³/mol. The second-order valence-electron chi connectivity index (χ2n) is 8.35. The number of nitro groups is 1.